The summed E-state index contributed by atoms with van der Waals surface area (Å²) < 4.78 is 26.5. The third kappa shape index (κ3) is 3.44. The van der Waals surface area contributed by atoms with E-state index in [2.05, 4.69) is 4.72 Å². The number of hydrogen-bond acceptors (Lipinski definition) is 4. The fraction of sp³-hybridized carbons (Fsp3) is 0.250. The second-order valence-electron chi connectivity index (χ2n) is 3.05. The number of nitrogens with one attached hydrogen (secondary N) is 1. The second kappa shape index (κ2) is 6.33. The highest BCUT2D eigenvalue weighted by Gasteiger charge is 2.27. The maximum atomic E-state index is 11.8. The van der Waals surface area contributed by atoms with Crippen molar-refractivity contribution in [1.82, 2.24) is 4.72 Å². The van der Waals surface area contributed by atoms with Crippen LogP contribution in [0.15, 0.2) is 17.0 Å². The van der Waals surface area contributed by atoms with E-state index in [1.54, 1.807) is 0 Å². The molecule has 1 rings (SSSR count). The molecule has 6 nitrogen and oxygen atoms in total. The van der Waals surface area contributed by atoms with Gasteiger partial charge in [-0.1, -0.05) is 45.8 Å². The molecule has 0 bridgehead atoms. The lowest BCUT2D eigenvalue weighted by atomic mass is 10.3. The van der Waals surface area contributed by atoms with Crippen LogP contribution in [-0.4, -0.2) is 24.3 Å². The molecule has 0 spiro atoms. The zero-order valence-electron chi connectivity index (χ0n) is 8.69. The average molecular weight is 425 g/mol. The normalized spacial score (nSPS) is 11.5. The maximum Gasteiger partial charge on any atom is 0.307 e. The third-order valence-electron chi connectivity index (χ3n) is 1.89. The van der Waals surface area contributed by atoms with Crippen molar-refractivity contribution >= 4 is 61.5 Å². The molecular weight excluding hydrogens is 418 g/mol. The van der Waals surface area contributed by atoms with Crippen LogP contribution in [0, 0.1) is 10.1 Å². The Balaban J connectivity index is 3.36. The molecule has 0 amide bonds. The van der Waals surface area contributed by atoms with Crippen molar-refractivity contribution in [2.24, 2.45) is 0 Å². The molecule has 0 atom stereocenters. The Morgan fingerprint density at radius 3 is 2.50 bits per heavy atom. The summed E-state index contributed by atoms with van der Waals surface area (Å²) in [5.74, 6) is 0. The second-order valence-corrected chi connectivity index (χ2v) is 6.65. The van der Waals surface area contributed by atoms with Gasteiger partial charge in [0.2, 0.25) is 10.0 Å². The molecule has 0 aromatic heterocycles. The van der Waals surface area contributed by atoms with Gasteiger partial charge in [0.25, 0.3) is 0 Å². The lowest BCUT2D eigenvalue weighted by Gasteiger charge is -2.08. The third-order valence-corrected chi connectivity index (χ3v) is 4.73. The van der Waals surface area contributed by atoms with Gasteiger partial charge in [0, 0.05) is 11.0 Å². The highest BCUT2D eigenvalue weighted by Crippen LogP contribution is 2.36. The SMILES string of the molecule is O=[N+]([O-])c1c(Cl)ccc(S(=O)(=O)NCCI)c1Cl. The fourth-order valence-corrected chi connectivity index (χ4v) is 3.70. The number of benzene rings is 1. The number of nitrogens with zero attached hydrogens (tertiary/aromatic N) is 1. The van der Waals surface area contributed by atoms with Gasteiger partial charge in [-0.15, -0.1) is 0 Å². The number of nitro benzene ring substituents is 1. The van der Waals surface area contributed by atoms with Crippen LogP contribution in [0.25, 0.3) is 0 Å². The van der Waals surface area contributed by atoms with E-state index >= 15 is 0 Å². The van der Waals surface area contributed by atoms with Gasteiger partial charge in [0.05, 0.1) is 4.92 Å². The Labute approximate surface area is 127 Å². The summed E-state index contributed by atoms with van der Waals surface area (Å²) in [7, 11) is -3.88. The molecule has 0 saturated heterocycles. The Kier molecular flexibility index (Phi) is 5.59. The van der Waals surface area contributed by atoms with Gasteiger partial charge in [-0.3, -0.25) is 10.1 Å². The van der Waals surface area contributed by atoms with Crippen molar-refractivity contribution in [3.63, 3.8) is 0 Å². The van der Waals surface area contributed by atoms with Gasteiger partial charge in [0.1, 0.15) is 14.9 Å². The largest absolute Gasteiger partial charge is 0.307 e. The summed E-state index contributed by atoms with van der Waals surface area (Å²) in [6.45, 7) is 0.204. The first kappa shape index (κ1) is 15.9. The zero-order valence-corrected chi connectivity index (χ0v) is 13.2. The van der Waals surface area contributed by atoms with Crippen LogP contribution in [0.1, 0.15) is 0 Å². The van der Waals surface area contributed by atoms with Crippen LogP contribution < -0.4 is 4.72 Å². The molecular formula is C8H7Cl2IN2O4S. The average Bonchev–Trinajstić information content (AvgIpc) is 2.25. The molecule has 18 heavy (non-hydrogen) atoms. The van der Waals surface area contributed by atoms with E-state index in [0.29, 0.717) is 4.43 Å². The Bertz CT molecular complexity index is 579. The molecule has 0 aliphatic rings. The summed E-state index contributed by atoms with van der Waals surface area (Å²) in [6.07, 6.45) is 0. The summed E-state index contributed by atoms with van der Waals surface area (Å²) in [5, 5.41) is 10.1. The quantitative estimate of drug-likeness (QED) is 0.340. The number of alkyl halides is 1. The van der Waals surface area contributed by atoms with Crippen LogP contribution in [0.2, 0.25) is 10.0 Å². The standard InChI is InChI=1S/C8H7Cl2IN2O4S/c9-5-1-2-6(7(10)8(5)13(14)15)18(16,17)12-4-3-11/h1-2,12H,3-4H2. The maximum absolute atomic E-state index is 11.8. The summed E-state index contributed by atoms with van der Waals surface area (Å²) in [4.78, 5) is 9.58. The van der Waals surface area contributed by atoms with Gasteiger partial charge >= 0.3 is 5.69 Å². The van der Waals surface area contributed by atoms with E-state index in [4.69, 9.17) is 23.2 Å². The van der Waals surface area contributed by atoms with Crippen LogP contribution in [0.4, 0.5) is 5.69 Å². The van der Waals surface area contributed by atoms with Crippen molar-refractivity contribution in [3.05, 3.63) is 32.3 Å². The predicted octanol–water partition coefficient (Wildman–Crippen LogP) is 2.61. The first-order chi connectivity index (χ1) is 8.31. The minimum atomic E-state index is -3.88. The Hall–Kier alpha value is -0.160. The highest BCUT2D eigenvalue weighted by molar-refractivity contribution is 14.1. The summed E-state index contributed by atoms with van der Waals surface area (Å²) in [5.41, 5.74) is -0.615. The van der Waals surface area contributed by atoms with Crippen LogP contribution in [-0.2, 0) is 10.0 Å². The lowest BCUT2D eigenvalue weighted by Crippen LogP contribution is -2.25. The van der Waals surface area contributed by atoms with Gasteiger partial charge in [-0.05, 0) is 12.1 Å². The number of rotatable bonds is 5. The van der Waals surface area contributed by atoms with E-state index < -0.39 is 25.7 Å². The molecule has 0 heterocycles. The molecule has 10 heteroatoms. The number of halogens is 3. The Morgan fingerprint density at radius 2 is 2.00 bits per heavy atom. The van der Waals surface area contributed by atoms with Crippen molar-refractivity contribution in [2.75, 3.05) is 11.0 Å². The summed E-state index contributed by atoms with van der Waals surface area (Å²) >= 11 is 13.3. The minimum Gasteiger partial charge on any atom is -0.258 e. The molecule has 100 valence electrons. The fourth-order valence-electron chi connectivity index (χ4n) is 1.15. The first-order valence-electron chi connectivity index (χ1n) is 4.49. The van der Waals surface area contributed by atoms with Gasteiger partial charge < -0.3 is 0 Å². The lowest BCUT2D eigenvalue weighted by molar-refractivity contribution is -0.384. The molecule has 0 unspecified atom stereocenters. The molecule has 1 aromatic carbocycles. The van der Waals surface area contributed by atoms with Gasteiger partial charge in [0.15, 0.2) is 0 Å². The van der Waals surface area contributed by atoms with E-state index in [-0.39, 0.29) is 16.5 Å². The van der Waals surface area contributed by atoms with Crippen molar-refractivity contribution in [3.8, 4) is 0 Å². The van der Waals surface area contributed by atoms with Crippen molar-refractivity contribution in [1.29, 1.82) is 0 Å². The van der Waals surface area contributed by atoms with Gasteiger partial charge in [-0.2, -0.15) is 0 Å². The molecule has 1 N–H and O–H groups in total. The number of hydrogen-bond donors (Lipinski definition) is 1. The molecule has 0 aliphatic carbocycles. The monoisotopic (exact) mass is 424 g/mol. The van der Waals surface area contributed by atoms with E-state index in [1.165, 1.54) is 0 Å². The smallest absolute Gasteiger partial charge is 0.258 e. The Morgan fingerprint density at radius 1 is 1.39 bits per heavy atom. The van der Waals surface area contributed by atoms with E-state index in [0.717, 1.165) is 12.1 Å². The van der Waals surface area contributed by atoms with Gasteiger partial charge in [-0.25, -0.2) is 13.1 Å². The summed E-state index contributed by atoms with van der Waals surface area (Å²) in [6, 6.07) is 2.26. The van der Waals surface area contributed by atoms with Crippen LogP contribution >= 0.6 is 45.8 Å². The highest BCUT2D eigenvalue weighted by atomic mass is 127. The first-order valence-corrected chi connectivity index (χ1v) is 8.25. The van der Waals surface area contributed by atoms with Crippen molar-refractivity contribution < 1.29 is 13.3 Å². The number of sulfonamides is 1. The molecule has 0 fully saturated rings. The molecule has 1 aromatic rings. The van der Waals surface area contributed by atoms with E-state index in [1.807, 2.05) is 22.6 Å². The molecule has 0 aliphatic heterocycles. The van der Waals surface area contributed by atoms with Crippen LogP contribution in [0.3, 0.4) is 0 Å². The zero-order chi connectivity index (χ0) is 13.9. The molecule has 0 saturated carbocycles. The molecule has 0 radical (unpaired) electrons. The number of nitro groups is 1. The van der Waals surface area contributed by atoms with Crippen molar-refractivity contribution in [2.45, 2.75) is 4.90 Å². The van der Waals surface area contributed by atoms with Crippen LogP contribution in [0.5, 0.6) is 0 Å². The predicted molar refractivity (Wildman–Crippen MR) is 77.2 cm³/mol. The minimum absolute atomic E-state index is 0.204. The van der Waals surface area contributed by atoms with E-state index in [9.17, 15) is 18.5 Å². The topological polar surface area (TPSA) is 89.3 Å².